The molecule has 0 amide bonds. The normalized spacial score (nSPS) is 30.1. The van der Waals surface area contributed by atoms with Gasteiger partial charge in [-0.2, -0.15) is 0 Å². The molecule has 8 heteroatoms. The van der Waals surface area contributed by atoms with E-state index >= 15 is 0 Å². The molecule has 3 unspecified atom stereocenters. The number of nitrogens with zero attached hydrogens (tertiary/aromatic N) is 1. The molecule has 1 saturated heterocycles. The van der Waals surface area contributed by atoms with Gasteiger partial charge in [0.1, 0.15) is 18.0 Å². The molecule has 1 aromatic heterocycles. The molecular weight excluding hydrogens is 346 g/mol. The van der Waals surface area contributed by atoms with Crippen LogP contribution in [0.2, 0.25) is 0 Å². The summed E-state index contributed by atoms with van der Waals surface area (Å²) in [5.41, 5.74) is -1.15. The molecular formula is C13H12BrNO6. The molecule has 112 valence electrons. The zero-order valence-electron chi connectivity index (χ0n) is 11.3. The Hall–Kier alpha value is -1.51. The number of fused-ring (bicyclic) bond motifs is 3. The van der Waals surface area contributed by atoms with Crippen LogP contribution in [0.4, 0.5) is 0 Å². The van der Waals surface area contributed by atoms with Crippen molar-refractivity contribution in [3.8, 4) is 5.75 Å². The van der Waals surface area contributed by atoms with Gasteiger partial charge in [-0.1, -0.05) is 0 Å². The van der Waals surface area contributed by atoms with Gasteiger partial charge in [-0.25, -0.2) is 9.78 Å². The largest absolute Gasteiger partial charge is 0.491 e. The number of pyridine rings is 1. The molecule has 1 fully saturated rings. The molecule has 3 atom stereocenters. The molecule has 1 aromatic rings. The third-order valence-electron chi connectivity index (χ3n) is 3.90. The van der Waals surface area contributed by atoms with E-state index < -0.39 is 17.7 Å². The molecule has 3 heterocycles. The third kappa shape index (κ3) is 1.76. The first kappa shape index (κ1) is 14.4. The summed E-state index contributed by atoms with van der Waals surface area (Å²) in [5.74, 6) is -0.191. The van der Waals surface area contributed by atoms with E-state index in [0.29, 0.717) is 12.0 Å². The van der Waals surface area contributed by atoms with Crippen molar-refractivity contribution in [1.29, 1.82) is 0 Å². The van der Waals surface area contributed by atoms with Crippen molar-refractivity contribution >= 4 is 28.0 Å². The molecule has 7 nitrogen and oxygen atoms in total. The standard InChI is InChI=1S/C13H12BrNO6/c1-13-11(18)7(3-4-16)15-5-6(14)9(17)10(19-2)8(15)12(13)20-21-13/h4-5,7,12H,3H2,1-2H3. The number of halogens is 1. The van der Waals surface area contributed by atoms with Crippen molar-refractivity contribution in [2.24, 2.45) is 0 Å². The number of hydrogen-bond donors (Lipinski definition) is 0. The summed E-state index contributed by atoms with van der Waals surface area (Å²) in [7, 11) is 1.37. The highest BCUT2D eigenvalue weighted by Gasteiger charge is 2.61. The van der Waals surface area contributed by atoms with Gasteiger partial charge in [0.05, 0.1) is 11.6 Å². The summed E-state index contributed by atoms with van der Waals surface area (Å²) >= 11 is 3.15. The van der Waals surface area contributed by atoms with Gasteiger partial charge in [-0.15, -0.1) is 0 Å². The highest BCUT2D eigenvalue weighted by molar-refractivity contribution is 9.10. The fraction of sp³-hybridized carbons (Fsp3) is 0.462. The van der Waals surface area contributed by atoms with Crippen LogP contribution in [0.15, 0.2) is 15.5 Å². The molecule has 0 N–H and O–H groups in total. The molecule has 0 radical (unpaired) electrons. The first-order chi connectivity index (χ1) is 9.95. The minimum absolute atomic E-state index is 0.0179. The highest BCUT2D eigenvalue weighted by atomic mass is 79.9. The lowest BCUT2D eigenvalue weighted by molar-refractivity contribution is -0.498. The average Bonchev–Trinajstić information content (AvgIpc) is 2.45. The fourth-order valence-corrected chi connectivity index (χ4v) is 3.19. The number of aldehydes is 1. The predicted octanol–water partition coefficient (Wildman–Crippen LogP) is 1.09. The summed E-state index contributed by atoms with van der Waals surface area (Å²) in [6.45, 7) is 1.58. The van der Waals surface area contributed by atoms with Gasteiger partial charge >= 0.3 is 0 Å². The lowest BCUT2D eigenvalue weighted by Gasteiger charge is -2.49. The quantitative estimate of drug-likeness (QED) is 0.594. The van der Waals surface area contributed by atoms with E-state index in [-0.39, 0.29) is 27.9 Å². The third-order valence-corrected chi connectivity index (χ3v) is 4.47. The maximum absolute atomic E-state index is 12.5. The first-order valence-corrected chi connectivity index (χ1v) is 7.06. The maximum Gasteiger partial charge on any atom is 0.237 e. The monoisotopic (exact) mass is 357 g/mol. The minimum Gasteiger partial charge on any atom is -0.491 e. The van der Waals surface area contributed by atoms with E-state index in [1.54, 1.807) is 11.5 Å². The number of hydrogen-bond acceptors (Lipinski definition) is 6. The van der Waals surface area contributed by atoms with Crippen LogP contribution in [0.3, 0.4) is 0 Å². The SMILES string of the molecule is COc1c2n(cc(Br)c1=O)C(CC=O)C(=O)C1(C)OOC21. The molecule has 0 aliphatic carbocycles. The average molecular weight is 358 g/mol. The Morgan fingerprint density at radius 3 is 2.76 bits per heavy atom. The van der Waals surface area contributed by atoms with Crippen LogP contribution in [0.5, 0.6) is 5.75 Å². The first-order valence-electron chi connectivity index (χ1n) is 6.26. The number of carbonyl (C=O) groups is 2. The van der Waals surface area contributed by atoms with Crippen LogP contribution >= 0.6 is 15.9 Å². The van der Waals surface area contributed by atoms with Crippen LogP contribution in [-0.2, 0) is 19.4 Å². The van der Waals surface area contributed by atoms with Crippen LogP contribution in [0, 0.1) is 0 Å². The number of Topliss-reactive ketones (excluding diaryl/α,β-unsaturated/α-hetero) is 1. The zero-order chi connectivity index (χ0) is 15.4. The molecule has 3 rings (SSSR count). The van der Waals surface area contributed by atoms with Gasteiger partial charge in [0.2, 0.25) is 5.43 Å². The van der Waals surface area contributed by atoms with Gasteiger partial charge in [0.15, 0.2) is 23.2 Å². The second kappa shape index (κ2) is 4.75. The van der Waals surface area contributed by atoms with Crippen molar-refractivity contribution in [1.82, 2.24) is 4.57 Å². The van der Waals surface area contributed by atoms with Crippen molar-refractivity contribution in [2.75, 3.05) is 7.11 Å². The zero-order valence-corrected chi connectivity index (χ0v) is 12.9. The summed E-state index contributed by atoms with van der Waals surface area (Å²) in [5, 5.41) is 0. The Kier molecular flexibility index (Phi) is 3.27. The molecule has 0 aromatic carbocycles. The van der Waals surface area contributed by atoms with E-state index in [2.05, 4.69) is 15.9 Å². The molecule has 0 spiro atoms. The second-order valence-electron chi connectivity index (χ2n) is 5.08. The minimum atomic E-state index is -1.21. The number of aromatic nitrogens is 1. The Labute approximate surface area is 127 Å². The Bertz CT molecular complexity index is 699. The summed E-state index contributed by atoms with van der Waals surface area (Å²) in [6.07, 6.45) is 1.39. The van der Waals surface area contributed by atoms with E-state index in [0.717, 1.165) is 0 Å². The van der Waals surface area contributed by atoms with Gasteiger partial charge in [-0.3, -0.25) is 9.59 Å². The smallest absolute Gasteiger partial charge is 0.237 e. The van der Waals surface area contributed by atoms with Crippen molar-refractivity contribution in [3.63, 3.8) is 0 Å². The second-order valence-corrected chi connectivity index (χ2v) is 5.94. The van der Waals surface area contributed by atoms with Crippen LogP contribution < -0.4 is 10.2 Å². The number of carbonyl (C=O) groups excluding carboxylic acids is 2. The Balaban J connectivity index is 2.31. The van der Waals surface area contributed by atoms with Crippen LogP contribution in [0.1, 0.15) is 31.2 Å². The molecule has 0 saturated carbocycles. The van der Waals surface area contributed by atoms with E-state index in [1.165, 1.54) is 13.3 Å². The van der Waals surface area contributed by atoms with Crippen molar-refractivity contribution < 1.29 is 24.1 Å². The topological polar surface area (TPSA) is 83.8 Å². The summed E-state index contributed by atoms with van der Waals surface area (Å²) in [4.78, 5) is 45.6. The van der Waals surface area contributed by atoms with Gasteiger partial charge in [0, 0.05) is 12.6 Å². The van der Waals surface area contributed by atoms with Crippen molar-refractivity contribution in [2.45, 2.75) is 31.1 Å². The molecule has 21 heavy (non-hydrogen) atoms. The summed E-state index contributed by atoms with van der Waals surface area (Å²) < 4.78 is 6.98. The lowest BCUT2D eigenvalue weighted by atomic mass is 9.81. The number of ketones is 1. The van der Waals surface area contributed by atoms with Gasteiger partial charge < -0.3 is 14.1 Å². The number of methoxy groups -OCH3 is 1. The van der Waals surface area contributed by atoms with E-state index in [9.17, 15) is 14.4 Å². The Morgan fingerprint density at radius 2 is 2.24 bits per heavy atom. The van der Waals surface area contributed by atoms with E-state index in [1.807, 2.05) is 0 Å². The van der Waals surface area contributed by atoms with E-state index in [4.69, 9.17) is 14.5 Å². The molecule has 2 aliphatic heterocycles. The van der Waals surface area contributed by atoms with Crippen LogP contribution in [-0.4, -0.2) is 29.3 Å². The van der Waals surface area contributed by atoms with Gasteiger partial charge in [-0.05, 0) is 22.9 Å². The highest BCUT2D eigenvalue weighted by Crippen LogP contribution is 2.51. The fourth-order valence-electron chi connectivity index (χ4n) is 2.79. The Morgan fingerprint density at radius 1 is 1.52 bits per heavy atom. The molecule has 2 aliphatic rings. The van der Waals surface area contributed by atoms with Crippen LogP contribution in [0.25, 0.3) is 0 Å². The maximum atomic E-state index is 12.5. The summed E-state index contributed by atoms with van der Waals surface area (Å²) in [6, 6.07) is -0.756. The van der Waals surface area contributed by atoms with Crippen molar-refractivity contribution in [3.05, 3.63) is 26.6 Å². The lowest BCUT2D eigenvalue weighted by Crippen LogP contribution is -2.60. The van der Waals surface area contributed by atoms with Gasteiger partial charge in [0.25, 0.3) is 0 Å². The number of ether oxygens (including phenoxy) is 1. The number of rotatable bonds is 3. The molecule has 0 bridgehead atoms. The predicted molar refractivity (Wildman–Crippen MR) is 73.0 cm³/mol.